The first-order chi connectivity index (χ1) is 7.15. The van der Waals surface area contributed by atoms with Crippen molar-refractivity contribution in [3.8, 4) is 0 Å². The Bertz CT molecular complexity index is 335. The number of aliphatic hydroxyl groups excluding tert-OH is 1. The van der Waals surface area contributed by atoms with Gasteiger partial charge in [0.2, 0.25) is 0 Å². The van der Waals surface area contributed by atoms with Crippen LogP contribution in [0.25, 0.3) is 0 Å². The van der Waals surface area contributed by atoms with Gasteiger partial charge in [-0.25, -0.2) is 0 Å². The summed E-state index contributed by atoms with van der Waals surface area (Å²) in [5.74, 6) is 0.535. The quantitative estimate of drug-likeness (QED) is 0.849. The van der Waals surface area contributed by atoms with Gasteiger partial charge in [-0.15, -0.1) is 0 Å². The first-order valence-electron chi connectivity index (χ1n) is 5.18. The maximum Gasteiger partial charge on any atom is 0.0718 e. The van der Waals surface area contributed by atoms with Crippen LogP contribution >= 0.6 is 15.9 Å². The zero-order chi connectivity index (χ0) is 10.8. The summed E-state index contributed by atoms with van der Waals surface area (Å²) in [6.07, 6.45) is 4.30. The second-order valence-electron chi connectivity index (χ2n) is 4.26. The SMILES string of the molecule is CC1CC(O)CN(c2cncc(Br)c2)C1. The number of anilines is 1. The number of β-amino-alcohol motifs (C(OH)–C–C–N with tert-alkyl or cyclic N) is 1. The minimum absolute atomic E-state index is 0.215. The molecule has 0 amide bonds. The van der Waals surface area contributed by atoms with Crippen LogP contribution in [0.1, 0.15) is 13.3 Å². The average Bonchev–Trinajstić information content (AvgIpc) is 2.16. The molecule has 0 saturated carbocycles. The number of hydrogen-bond donors (Lipinski definition) is 1. The summed E-state index contributed by atoms with van der Waals surface area (Å²) in [6, 6.07) is 2.04. The zero-order valence-corrected chi connectivity index (χ0v) is 10.3. The van der Waals surface area contributed by atoms with E-state index in [9.17, 15) is 5.11 Å². The Kier molecular flexibility index (Phi) is 3.26. The third kappa shape index (κ3) is 2.69. The van der Waals surface area contributed by atoms with E-state index in [0.717, 1.165) is 23.1 Å². The van der Waals surface area contributed by atoms with E-state index in [2.05, 4.69) is 32.7 Å². The highest BCUT2D eigenvalue weighted by molar-refractivity contribution is 9.10. The number of rotatable bonds is 1. The van der Waals surface area contributed by atoms with E-state index >= 15 is 0 Å². The summed E-state index contributed by atoms with van der Waals surface area (Å²) in [6.45, 7) is 3.87. The summed E-state index contributed by atoms with van der Waals surface area (Å²) in [5, 5.41) is 9.71. The number of halogens is 1. The van der Waals surface area contributed by atoms with Crippen LogP contribution < -0.4 is 4.90 Å². The van der Waals surface area contributed by atoms with Gasteiger partial charge in [0.15, 0.2) is 0 Å². The van der Waals surface area contributed by atoms with Crippen molar-refractivity contribution in [3.63, 3.8) is 0 Å². The fourth-order valence-corrected chi connectivity index (χ4v) is 2.46. The summed E-state index contributed by atoms with van der Waals surface area (Å²) >= 11 is 3.41. The van der Waals surface area contributed by atoms with Gasteiger partial charge in [-0.3, -0.25) is 4.98 Å². The van der Waals surface area contributed by atoms with Crippen LogP contribution in [0.2, 0.25) is 0 Å². The second kappa shape index (κ2) is 4.49. The fraction of sp³-hybridized carbons (Fsp3) is 0.545. The van der Waals surface area contributed by atoms with E-state index in [1.807, 2.05) is 12.3 Å². The minimum Gasteiger partial charge on any atom is -0.391 e. The zero-order valence-electron chi connectivity index (χ0n) is 8.73. The molecule has 1 aromatic heterocycles. The summed E-state index contributed by atoms with van der Waals surface area (Å²) in [4.78, 5) is 6.33. The molecule has 3 nitrogen and oxygen atoms in total. The number of aromatic nitrogens is 1. The van der Waals surface area contributed by atoms with Crippen molar-refractivity contribution in [1.29, 1.82) is 0 Å². The molecule has 2 heterocycles. The molecule has 0 radical (unpaired) electrons. The molecule has 1 aromatic rings. The van der Waals surface area contributed by atoms with Gasteiger partial charge in [0.05, 0.1) is 18.0 Å². The first kappa shape index (κ1) is 10.9. The maximum atomic E-state index is 9.71. The van der Waals surface area contributed by atoms with Crippen molar-refractivity contribution in [1.82, 2.24) is 4.98 Å². The van der Waals surface area contributed by atoms with E-state index < -0.39 is 0 Å². The van der Waals surface area contributed by atoms with Crippen LogP contribution in [0, 0.1) is 5.92 Å². The maximum absolute atomic E-state index is 9.71. The number of hydrogen-bond acceptors (Lipinski definition) is 3. The number of pyridine rings is 1. The topological polar surface area (TPSA) is 36.4 Å². The van der Waals surface area contributed by atoms with Gasteiger partial charge in [0, 0.05) is 23.8 Å². The predicted octanol–water partition coefficient (Wildman–Crippen LogP) is 2.05. The van der Waals surface area contributed by atoms with Crippen LogP contribution in [0.15, 0.2) is 22.9 Å². The second-order valence-corrected chi connectivity index (χ2v) is 5.18. The van der Waals surface area contributed by atoms with Gasteiger partial charge in [0.1, 0.15) is 0 Å². The van der Waals surface area contributed by atoms with E-state index in [1.165, 1.54) is 0 Å². The normalized spacial score (nSPS) is 26.7. The van der Waals surface area contributed by atoms with E-state index in [4.69, 9.17) is 0 Å². The molecule has 1 saturated heterocycles. The Labute approximate surface area is 98.3 Å². The molecular weight excluding hydrogens is 256 g/mol. The molecule has 2 unspecified atom stereocenters. The van der Waals surface area contributed by atoms with E-state index in [-0.39, 0.29) is 6.10 Å². The Morgan fingerprint density at radius 2 is 2.27 bits per heavy atom. The van der Waals surface area contributed by atoms with Crippen molar-refractivity contribution in [3.05, 3.63) is 22.9 Å². The molecule has 1 fully saturated rings. The van der Waals surface area contributed by atoms with Crippen LogP contribution in [-0.4, -0.2) is 29.3 Å². The molecule has 82 valence electrons. The van der Waals surface area contributed by atoms with Crippen LogP contribution in [0.4, 0.5) is 5.69 Å². The molecular formula is C11H15BrN2O. The standard InChI is InChI=1S/C11H15BrN2O/c1-8-2-11(15)7-14(6-8)10-3-9(12)4-13-5-10/h3-5,8,11,15H,2,6-7H2,1H3. The largest absolute Gasteiger partial charge is 0.391 e. The lowest BCUT2D eigenvalue weighted by Gasteiger charge is -2.35. The molecule has 2 atom stereocenters. The molecule has 4 heteroatoms. The Hall–Kier alpha value is -0.610. The molecule has 0 aliphatic carbocycles. The van der Waals surface area contributed by atoms with Gasteiger partial charge < -0.3 is 10.0 Å². The van der Waals surface area contributed by atoms with Gasteiger partial charge in [-0.05, 0) is 34.3 Å². The molecule has 0 aromatic carbocycles. The average molecular weight is 271 g/mol. The summed E-state index contributed by atoms with van der Waals surface area (Å²) in [7, 11) is 0. The Balaban J connectivity index is 2.16. The molecule has 1 N–H and O–H groups in total. The van der Waals surface area contributed by atoms with Crippen molar-refractivity contribution in [2.24, 2.45) is 5.92 Å². The Morgan fingerprint density at radius 3 is 2.93 bits per heavy atom. The summed E-state index contributed by atoms with van der Waals surface area (Å²) < 4.78 is 0.979. The molecule has 0 bridgehead atoms. The molecule has 1 aliphatic rings. The molecule has 1 aliphatic heterocycles. The Morgan fingerprint density at radius 1 is 1.47 bits per heavy atom. The monoisotopic (exact) mass is 270 g/mol. The predicted molar refractivity (Wildman–Crippen MR) is 63.9 cm³/mol. The lowest BCUT2D eigenvalue weighted by atomic mass is 9.98. The van der Waals surface area contributed by atoms with Gasteiger partial charge in [0.25, 0.3) is 0 Å². The highest BCUT2D eigenvalue weighted by atomic mass is 79.9. The third-order valence-corrected chi connectivity index (χ3v) is 3.13. The van der Waals surface area contributed by atoms with E-state index in [0.29, 0.717) is 12.5 Å². The number of nitrogens with zero attached hydrogens (tertiary/aromatic N) is 2. The van der Waals surface area contributed by atoms with Gasteiger partial charge in [-0.2, -0.15) is 0 Å². The third-order valence-electron chi connectivity index (χ3n) is 2.69. The van der Waals surface area contributed by atoms with Crippen molar-refractivity contribution < 1.29 is 5.11 Å². The molecule has 0 spiro atoms. The molecule has 15 heavy (non-hydrogen) atoms. The highest BCUT2D eigenvalue weighted by Gasteiger charge is 2.23. The lowest BCUT2D eigenvalue weighted by Crippen LogP contribution is -2.42. The minimum atomic E-state index is -0.215. The smallest absolute Gasteiger partial charge is 0.0718 e. The number of piperidine rings is 1. The van der Waals surface area contributed by atoms with Crippen molar-refractivity contribution in [2.75, 3.05) is 18.0 Å². The molecule has 2 rings (SSSR count). The van der Waals surface area contributed by atoms with E-state index in [1.54, 1.807) is 6.20 Å². The first-order valence-corrected chi connectivity index (χ1v) is 5.98. The van der Waals surface area contributed by atoms with Crippen LogP contribution in [-0.2, 0) is 0 Å². The van der Waals surface area contributed by atoms with Crippen molar-refractivity contribution in [2.45, 2.75) is 19.4 Å². The fourth-order valence-electron chi connectivity index (χ4n) is 2.10. The highest BCUT2D eigenvalue weighted by Crippen LogP contribution is 2.24. The number of aliphatic hydroxyl groups is 1. The van der Waals surface area contributed by atoms with Crippen LogP contribution in [0.5, 0.6) is 0 Å². The van der Waals surface area contributed by atoms with Gasteiger partial charge in [-0.1, -0.05) is 6.92 Å². The van der Waals surface area contributed by atoms with Crippen molar-refractivity contribution >= 4 is 21.6 Å². The summed E-state index contributed by atoms with van der Waals surface area (Å²) in [5.41, 5.74) is 1.08. The van der Waals surface area contributed by atoms with Crippen LogP contribution in [0.3, 0.4) is 0 Å². The van der Waals surface area contributed by atoms with Gasteiger partial charge >= 0.3 is 0 Å². The lowest BCUT2D eigenvalue weighted by molar-refractivity contribution is 0.132.